The Morgan fingerprint density at radius 2 is 2.27 bits per heavy atom. The van der Waals surface area contributed by atoms with Gasteiger partial charge < -0.3 is 0 Å². The number of alkyl halides is 3. The van der Waals surface area contributed by atoms with Crippen molar-refractivity contribution in [1.82, 2.24) is 0 Å². The van der Waals surface area contributed by atoms with Gasteiger partial charge in [0.1, 0.15) is 0 Å². The Kier molecular flexibility index (Phi) is 2.25. The maximum Gasteiger partial charge on any atom is 0.385 e. The normalized spacial score (nSPS) is 11.5. The van der Waals surface area contributed by atoms with Crippen molar-refractivity contribution >= 4 is 28.7 Å². The molecule has 60 valence electrons. The van der Waals surface area contributed by atoms with Crippen LogP contribution < -0.4 is 0 Å². The van der Waals surface area contributed by atoms with E-state index in [1.807, 2.05) is 0 Å². The van der Waals surface area contributed by atoms with Gasteiger partial charge in [0.25, 0.3) is 5.78 Å². The Balaban J connectivity index is 2.88. The minimum Gasteiger partial charge on any atom is -0.285 e. The number of carbonyl (C=O) groups excluding carboxylic acids is 1. The molecule has 0 atom stereocenters. The summed E-state index contributed by atoms with van der Waals surface area (Å²) in [7, 11) is 0. The fourth-order valence-electron chi connectivity index (χ4n) is 0.547. The van der Waals surface area contributed by atoms with Gasteiger partial charge in [-0.25, -0.2) is 0 Å². The highest BCUT2D eigenvalue weighted by molar-refractivity contribution is 7.12. The largest absolute Gasteiger partial charge is 0.385 e. The second-order valence-corrected chi connectivity index (χ2v) is 3.23. The molecule has 0 amide bonds. The first-order valence-corrected chi connectivity index (χ1v) is 3.92. The summed E-state index contributed by atoms with van der Waals surface area (Å²) in [6.45, 7) is 0. The standard InChI is InChI=1S/C6H3ClF2OS/c7-6(8,9)5(10)4-2-1-3-11-4/h1-3H. The molecule has 0 radical (unpaired) electrons. The third-order valence-electron chi connectivity index (χ3n) is 1.00. The van der Waals surface area contributed by atoms with E-state index in [1.165, 1.54) is 17.5 Å². The summed E-state index contributed by atoms with van der Waals surface area (Å²) in [5.74, 6) is -1.34. The zero-order chi connectivity index (χ0) is 8.48. The lowest BCUT2D eigenvalue weighted by molar-refractivity contribution is 0.0541. The summed E-state index contributed by atoms with van der Waals surface area (Å²) < 4.78 is 24.2. The lowest BCUT2D eigenvalue weighted by Gasteiger charge is -2.02. The van der Waals surface area contributed by atoms with E-state index in [4.69, 9.17) is 0 Å². The number of hydrogen-bond donors (Lipinski definition) is 0. The predicted octanol–water partition coefficient (Wildman–Crippen LogP) is 2.76. The van der Waals surface area contributed by atoms with Crippen molar-refractivity contribution in [2.75, 3.05) is 0 Å². The molecule has 0 bridgehead atoms. The Morgan fingerprint density at radius 1 is 1.64 bits per heavy atom. The maximum atomic E-state index is 12.1. The number of halogens is 3. The van der Waals surface area contributed by atoms with Gasteiger partial charge in [0.05, 0.1) is 4.88 Å². The molecule has 0 fully saturated rings. The van der Waals surface area contributed by atoms with E-state index in [0.717, 1.165) is 11.3 Å². The van der Waals surface area contributed by atoms with Gasteiger partial charge in [0, 0.05) is 0 Å². The summed E-state index contributed by atoms with van der Waals surface area (Å²) in [5, 5.41) is -2.24. The molecule has 0 spiro atoms. The smallest absolute Gasteiger partial charge is 0.285 e. The van der Waals surface area contributed by atoms with Crippen LogP contribution in [0.15, 0.2) is 17.5 Å². The average molecular weight is 197 g/mol. The molecule has 1 aromatic rings. The topological polar surface area (TPSA) is 17.1 Å². The Bertz CT molecular complexity index is 252. The predicted molar refractivity (Wildman–Crippen MR) is 39.4 cm³/mol. The monoisotopic (exact) mass is 196 g/mol. The minimum absolute atomic E-state index is 0.0231. The first-order valence-electron chi connectivity index (χ1n) is 2.67. The van der Waals surface area contributed by atoms with Crippen molar-refractivity contribution in [1.29, 1.82) is 0 Å². The number of hydrogen-bond acceptors (Lipinski definition) is 2. The SMILES string of the molecule is O=C(c1cccs1)C(F)(F)Cl. The van der Waals surface area contributed by atoms with Gasteiger partial charge in [0.15, 0.2) is 0 Å². The highest BCUT2D eigenvalue weighted by atomic mass is 35.5. The lowest BCUT2D eigenvalue weighted by atomic mass is 10.3. The minimum atomic E-state index is -3.77. The molecule has 0 unspecified atom stereocenters. The van der Waals surface area contributed by atoms with Crippen LogP contribution in [0.2, 0.25) is 0 Å². The van der Waals surface area contributed by atoms with E-state index < -0.39 is 11.2 Å². The molecule has 1 nitrogen and oxygen atoms in total. The number of rotatable bonds is 2. The van der Waals surface area contributed by atoms with Gasteiger partial charge in [-0.3, -0.25) is 4.79 Å². The molecule has 0 aromatic carbocycles. The highest BCUT2D eigenvalue weighted by Crippen LogP contribution is 2.26. The van der Waals surface area contributed by atoms with Gasteiger partial charge in [-0.2, -0.15) is 8.78 Å². The fraction of sp³-hybridized carbons (Fsp3) is 0.167. The second kappa shape index (κ2) is 2.87. The van der Waals surface area contributed by atoms with Crippen LogP contribution >= 0.6 is 22.9 Å². The zero-order valence-electron chi connectivity index (χ0n) is 5.18. The van der Waals surface area contributed by atoms with Crippen molar-refractivity contribution in [2.45, 2.75) is 5.38 Å². The van der Waals surface area contributed by atoms with E-state index in [9.17, 15) is 13.6 Å². The number of carbonyl (C=O) groups is 1. The van der Waals surface area contributed by atoms with Gasteiger partial charge >= 0.3 is 5.38 Å². The highest BCUT2D eigenvalue weighted by Gasteiger charge is 2.36. The second-order valence-electron chi connectivity index (χ2n) is 1.80. The van der Waals surface area contributed by atoms with Crippen LogP contribution in [0.3, 0.4) is 0 Å². The first-order chi connectivity index (χ1) is 5.02. The third kappa shape index (κ3) is 1.97. The molecular formula is C6H3ClF2OS. The third-order valence-corrected chi connectivity index (χ3v) is 2.04. The van der Waals surface area contributed by atoms with Crippen LogP contribution in [0.4, 0.5) is 8.78 Å². The molecule has 1 rings (SSSR count). The van der Waals surface area contributed by atoms with Crippen molar-refractivity contribution in [3.63, 3.8) is 0 Å². The van der Waals surface area contributed by atoms with E-state index in [1.54, 1.807) is 0 Å². The molecule has 0 aliphatic heterocycles. The molecule has 1 heterocycles. The Hall–Kier alpha value is -0.480. The maximum absolute atomic E-state index is 12.1. The average Bonchev–Trinajstić information content (AvgIpc) is 2.34. The quantitative estimate of drug-likeness (QED) is 0.525. The van der Waals surface area contributed by atoms with Gasteiger partial charge in [0.2, 0.25) is 0 Å². The summed E-state index contributed by atoms with van der Waals surface area (Å²) in [4.78, 5) is 10.6. The molecule has 1 aromatic heterocycles. The van der Waals surface area contributed by atoms with E-state index >= 15 is 0 Å². The molecule has 0 saturated heterocycles. The molecular weight excluding hydrogens is 194 g/mol. The molecule has 0 N–H and O–H groups in total. The number of Topliss-reactive ketones (excluding diaryl/α,β-unsaturated/α-hetero) is 1. The van der Waals surface area contributed by atoms with E-state index in [-0.39, 0.29) is 4.88 Å². The van der Waals surface area contributed by atoms with E-state index in [0.29, 0.717) is 0 Å². The van der Waals surface area contributed by atoms with Crippen LogP contribution in [0.1, 0.15) is 9.67 Å². The molecule has 0 saturated carbocycles. The number of ketones is 1. The summed E-state index contributed by atoms with van der Waals surface area (Å²) >= 11 is 5.44. The van der Waals surface area contributed by atoms with Crippen LogP contribution in [0.5, 0.6) is 0 Å². The lowest BCUT2D eigenvalue weighted by Crippen LogP contribution is -2.20. The van der Waals surface area contributed by atoms with Crippen LogP contribution in [0.25, 0.3) is 0 Å². The van der Waals surface area contributed by atoms with Gasteiger partial charge in [-0.1, -0.05) is 6.07 Å². The van der Waals surface area contributed by atoms with Crippen molar-refractivity contribution < 1.29 is 13.6 Å². The van der Waals surface area contributed by atoms with E-state index in [2.05, 4.69) is 11.6 Å². The Labute approximate surface area is 70.6 Å². The molecule has 5 heteroatoms. The molecule has 0 aliphatic carbocycles. The van der Waals surface area contributed by atoms with Crippen LogP contribution in [0, 0.1) is 0 Å². The molecule has 11 heavy (non-hydrogen) atoms. The van der Waals surface area contributed by atoms with Crippen molar-refractivity contribution in [3.8, 4) is 0 Å². The van der Waals surface area contributed by atoms with Gasteiger partial charge in [-0.15, -0.1) is 11.3 Å². The van der Waals surface area contributed by atoms with Gasteiger partial charge in [-0.05, 0) is 23.0 Å². The molecule has 0 aliphatic rings. The first kappa shape index (κ1) is 8.62. The van der Waals surface area contributed by atoms with Crippen molar-refractivity contribution in [3.05, 3.63) is 22.4 Å². The summed E-state index contributed by atoms with van der Waals surface area (Å²) in [6.07, 6.45) is 0. The summed E-state index contributed by atoms with van der Waals surface area (Å²) in [5.41, 5.74) is 0. The van der Waals surface area contributed by atoms with Crippen molar-refractivity contribution in [2.24, 2.45) is 0 Å². The van der Waals surface area contributed by atoms with Crippen LogP contribution in [-0.4, -0.2) is 11.2 Å². The summed E-state index contributed by atoms with van der Waals surface area (Å²) in [6, 6.07) is 2.82. The number of thiophene rings is 1. The Morgan fingerprint density at radius 3 is 2.64 bits per heavy atom. The van der Waals surface area contributed by atoms with Crippen LogP contribution in [-0.2, 0) is 0 Å². The fourth-order valence-corrected chi connectivity index (χ4v) is 1.40. The zero-order valence-corrected chi connectivity index (χ0v) is 6.75.